The highest BCUT2D eigenvalue weighted by Gasteiger charge is 2.42. The number of benzene rings is 2. The van der Waals surface area contributed by atoms with Gasteiger partial charge in [-0.25, -0.2) is 9.69 Å². The number of carbonyl (C=O) groups excluding carboxylic acids is 3. The van der Waals surface area contributed by atoms with Gasteiger partial charge >= 0.3 is 6.03 Å². The molecule has 3 heterocycles. The second-order valence-electron chi connectivity index (χ2n) is 7.99. The number of piperidine rings is 1. The Morgan fingerprint density at radius 1 is 1.03 bits per heavy atom. The van der Waals surface area contributed by atoms with Crippen molar-refractivity contribution in [2.45, 2.75) is 18.9 Å². The first-order valence-corrected chi connectivity index (χ1v) is 10.6. The monoisotopic (exact) mass is 433 g/mol. The molecule has 8 heteroatoms. The lowest BCUT2D eigenvalue weighted by atomic mass is 10.0. The molecule has 0 bridgehead atoms. The van der Waals surface area contributed by atoms with Gasteiger partial charge in [0.25, 0.3) is 11.8 Å². The number of methoxy groups -OCH3 is 1. The Balaban J connectivity index is 1.26. The number of rotatable bonds is 4. The van der Waals surface area contributed by atoms with Gasteiger partial charge in [0.1, 0.15) is 6.54 Å². The molecule has 2 aromatic carbocycles. The number of nitrogens with zero attached hydrogens (tertiary/aromatic N) is 3. The van der Waals surface area contributed by atoms with Gasteiger partial charge in [-0.2, -0.15) is 0 Å². The van der Waals surface area contributed by atoms with Gasteiger partial charge < -0.3 is 19.0 Å². The maximum atomic E-state index is 13.0. The maximum Gasteiger partial charge on any atom is 0.332 e. The summed E-state index contributed by atoms with van der Waals surface area (Å²) in [5, 5.41) is 0.810. The van der Waals surface area contributed by atoms with Gasteiger partial charge in [0.15, 0.2) is 17.1 Å². The zero-order valence-corrected chi connectivity index (χ0v) is 17.7. The third-order valence-corrected chi connectivity index (χ3v) is 6.14. The number of ether oxygens (including phenoxy) is 1. The van der Waals surface area contributed by atoms with E-state index in [4.69, 9.17) is 9.15 Å². The number of anilines is 1. The summed E-state index contributed by atoms with van der Waals surface area (Å²) in [5.41, 5.74) is 1.13. The summed E-state index contributed by atoms with van der Waals surface area (Å²) >= 11 is 0. The number of hydrogen-bond donors (Lipinski definition) is 0. The molecule has 8 nitrogen and oxygen atoms in total. The zero-order valence-electron chi connectivity index (χ0n) is 17.7. The summed E-state index contributed by atoms with van der Waals surface area (Å²) in [4.78, 5) is 43.0. The highest BCUT2D eigenvalue weighted by molar-refractivity contribution is 6.19. The maximum absolute atomic E-state index is 13.0. The number of amides is 4. The van der Waals surface area contributed by atoms with Crippen molar-refractivity contribution in [3.05, 3.63) is 60.4 Å². The molecule has 0 radical (unpaired) electrons. The highest BCUT2D eigenvalue weighted by atomic mass is 16.5. The minimum Gasteiger partial charge on any atom is -0.493 e. The first-order valence-electron chi connectivity index (χ1n) is 10.6. The third kappa shape index (κ3) is 3.37. The number of furan rings is 1. The van der Waals surface area contributed by atoms with Crippen molar-refractivity contribution in [1.82, 2.24) is 9.80 Å². The zero-order chi connectivity index (χ0) is 22.2. The van der Waals surface area contributed by atoms with Gasteiger partial charge in [0.05, 0.1) is 12.8 Å². The second-order valence-corrected chi connectivity index (χ2v) is 7.99. The van der Waals surface area contributed by atoms with Crippen molar-refractivity contribution in [3.8, 4) is 5.75 Å². The number of carbonyl (C=O) groups is 3. The number of para-hydroxylation sites is 2. The molecule has 0 aliphatic carbocycles. The van der Waals surface area contributed by atoms with E-state index in [1.54, 1.807) is 53.3 Å². The predicted octanol–water partition coefficient (Wildman–Crippen LogP) is 3.51. The fourth-order valence-electron chi connectivity index (χ4n) is 4.47. The summed E-state index contributed by atoms with van der Waals surface area (Å²) in [5.74, 6) is 0.443. The van der Waals surface area contributed by atoms with Gasteiger partial charge in [-0.05, 0) is 37.1 Å². The molecule has 2 aliphatic rings. The molecule has 1 aromatic heterocycles. The lowest BCUT2D eigenvalue weighted by Gasteiger charge is -2.35. The number of likely N-dealkylation sites (tertiary alicyclic amines) is 1. The van der Waals surface area contributed by atoms with Crippen molar-refractivity contribution in [3.63, 3.8) is 0 Å². The van der Waals surface area contributed by atoms with Crippen LogP contribution in [-0.4, -0.2) is 60.4 Å². The lowest BCUT2D eigenvalue weighted by Crippen LogP contribution is -2.48. The molecule has 2 fully saturated rings. The Morgan fingerprint density at radius 2 is 1.78 bits per heavy atom. The van der Waals surface area contributed by atoms with E-state index in [0.29, 0.717) is 43.0 Å². The van der Waals surface area contributed by atoms with Crippen LogP contribution >= 0.6 is 0 Å². The second kappa shape index (κ2) is 8.03. The Bertz CT molecular complexity index is 1180. The number of urea groups is 1. The minimum atomic E-state index is -0.296. The Kier molecular flexibility index (Phi) is 5.05. The van der Waals surface area contributed by atoms with Gasteiger partial charge in [-0.3, -0.25) is 9.59 Å². The molecule has 2 saturated heterocycles. The minimum absolute atomic E-state index is 0.0652. The Labute approximate surface area is 184 Å². The Morgan fingerprint density at radius 3 is 2.50 bits per heavy atom. The van der Waals surface area contributed by atoms with Crippen LogP contribution in [0.1, 0.15) is 23.4 Å². The molecular formula is C24H23N3O5. The molecule has 2 aliphatic heterocycles. The molecule has 164 valence electrons. The van der Waals surface area contributed by atoms with E-state index in [1.807, 2.05) is 18.2 Å². The van der Waals surface area contributed by atoms with E-state index in [-0.39, 0.29) is 36.2 Å². The van der Waals surface area contributed by atoms with Crippen molar-refractivity contribution in [2.75, 3.05) is 31.6 Å². The van der Waals surface area contributed by atoms with E-state index in [1.165, 1.54) is 4.90 Å². The van der Waals surface area contributed by atoms with Crippen LogP contribution in [0.25, 0.3) is 11.0 Å². The summed E-state index contributed by atoms with van der Waals surface area (Å²) in [6, 6.07) is 15.8. The first kappa shape index (κ1) is 20.1. The molecule has 0 N–H and O–H groups in total. The normalized spacial score (nSPS) is 17.5. The van der Waals surface area contributed by atoms with Crippen LogP contribution in [0.3, 0.4) is 0 Å². The van der Waals surface area contributed by atoms with Crippen LogP contribution in [0.5, 0.6) is 5.75 Å². The van der Waals surface area contributed by atoms with E-state index in [0.717, 1.165) is 5.39 Å². The average Bonchev–Trinajstić information content (AvgIpc) is 3.39. The standard InChI is InChI=1S/C24H23N3O5/c1-31-19-9-5-6-16-14-20(32-22(16)19)23(29)25-12-10-17(11-13-25)26-15-21(28)27(24(26)30)18-7-3-2-4-8-18/h2-9,14,17H,10-13,15H2,1H3. The van der Waals surface area contributed by atoms with Crippen LogP contribution < -0.4 is 9.64 Å². The number of fused-ring (bicyclic) bond motifs is 1. The van der Waals surface area contributed by atoms with Gasteiger partial charge in [-0.15, -0.1) is 0 Å². The molecule has 0 spiro atoms. The van der Waals surface area contributed by atoms with E-state index < -0.39 is 0 Å². The van der Waals surface area contributed by atoms with E-state index >= 15 is 0 Å². The van der Waals surface area contributed by atoms with Gasteiger partial charge in [-0.1, -0.05) is 30.3 Å². The Hall–Kier alpha value is -3.81. The smallest absolute Gasteiger partial charge is 0.332 e. The summed E-state index contributed by atoms with van der Waals surface area (Å²) in [6.45, 7) is 1.04. The summed E-state index contributed by atoms with van der Waals surface area (Å²) in [7, 11) is 1.56. The van der Waals surface area contributed by atoms with Crippen LogP contribution in [0.4, 0.5) is 10.5 Å². The predicted molar refractivity (Wildman–Crippen MR) is 118 cm³/mol. The third-order valence-electron chi connectivity index (χ3n) is 6.14. The van der Waals surface area contributed by atoms with Crippen LogP contribution in [0.15, 0.2) is 59.0 Å². The van der Waals surface area contributed by atoms with Crippen LogP contribution in [0.2, 0.25) is 0 Å². The van der Waals surface area contributed by atoms with Crippen molar-refractivity contribution in [1.29, 1.82) is 0 Å². The van der Waals surface area contributed by atoms with Crippen LogP contribution in [-0.2, 0) is 4.79 Å². The molecule has 5 rings (SSSR count). The fourth-order valence-corrected chi connectivity index (χ4v) is 4.47. The first-order chi connectivity index (χ1) is 15.6. The highest BCUT2D eigenvalue weighted by Crippen LogP contribution is 2.30. The largest absolute Gasteiger partial charge is 0.493 e. The molecule has 3 aromatic rings. The molecule has 0 saturated carbocycles. The van der Waals surface area contributed by atoms with E-state index in [2.05, 4.69) is 0 Å². The van der Waals surface area contributed by atoms with Crippen molar-refractivity contribution in [2.24, 2.45) is 0 Å². The number of hydrogen-bond acceptors (Lipinski definition) is 5. The molecule has 32 heavy (non-hydrogen) atoms. The molecule has 0 atom stereocenters. The molecule has 0 unspecified atom stereocenters. The lowest BCUT2D eigenvalue weighted by molar-refractivity contribution is -0.116. The topological polar surface area (TPSA) is 83.3 Å². The van der Waals surface area contributed by atoms with Crippen molar-refractivity contribution >= 4 is 34.5 Å². The molecule has 4 amide bonds. The van der Waals surface area contributed by atoms with Crippen molar-refractivity contribution < 1.29 is 23.5 Å². The van der Waals surface area contributed by atoms with E-state index in [9.17, 15) is 14.4 Å². The average molecular weight is 433 g/mol. The quantitative estimate of drug-likeness (QED) is 0.588. The SMILES string of the molecule is COc1cccc2cc(C(=O)N3CCC(N4CC(=O)N(c5ccccc5)C4=O)CC3)oc12. The van der Waals surface area contributed by atoms with Gasteiger partial charge in [0.2, 0.25) is 0 Å². The van der Waals surface area contributed by atoms with Crippen LogP contribution in [0, 0.1) is 0 Å². The number of imide groups is 1. The van der Waals surface area contributed by atoms with Gasteiger partial charge in [0, 0.05) is 24.5 Å². The molecular weight excluding hydrogens is 410 g/mol. The fraction of sp³-hybridized carbons (Fsp3) is 0.292. The summed E-state index contributed by atoms with van der Waals surface area (Å²) in [6.07, 6.45) is 1.22. The summed E-state index contributed by atoms with van der Waals surface area (Å²) < 4.78 is 11.1.